The molecule has 2 atom stereocenters. The third-order valence-corrected chi connectivity index (χ3v) is 7.63. The second-order valence-corrected chi connectivity index (χ2v) is 9.99. The molecular formula is C30H31F2N3O3. The van der Waals surface area contributed by atoms with Gasteiger partial charge in [0.2, 0.25) is 5.91 Å². The summed E-state index contributed by atoms with van der Waals surface area (Å²) in [6.07, 6.45) is 0.626. The van der Waals surface area contributed by atoms with Crippen LogP contribution in [-0.2, 0) is 15.1 Å². The van der Waals surface area contributed by atoms with Crippen LogP contribution < -0.4 is 5.32 Å². The summed E-state index contributed by atoms with van der Waals surface area (Å²) in [4.78, 5) is 29.0. The van der Waals surface area contributed by atoms with Gasteiger partial charge in [0, 0.05) is 39.0 Å². The first-order chi connectivity index (χ1) is 18.3. The van der Waals surface area contributed by atoms with Gasteiger partial charge in [-0.05, 0) is 53.4 Å². The summed E-state index contributed by atoms with van der Waals surface area (Å²) in [6, 6.07) is 20.1. The molecule has 2 fully saturated rings. The van der Waals surface area contributed by atoms with Crippen molar-refractivity contribution in [2.24, 2.45) is 0 Å². The van der Waals surface area contributed by atoms with Crippen LogP contribution in [0.15, 0.2) is 72.8 Å². The van der Waals surface area contributed by atoms with E-state index in [1.165, 1.54) is 24.3 Å². The minimum atomic E-state index is -0.901. The SMILES string of the molecule is C[C@@H](c1ccc(-c2ccc(F)cc2)cc1)N1CCC(CCN2CCNC(=O)C2)(c2ccc(F)cc2)OC1=O. The van der Waals surface area contributed by atoms with Gasteiger partial charge in [0.1, 0.15) is 17.2 Å². The molecule has 2 aliphatic rings. The summed E-state index contributed by atoms with van der Waals surface area (Å²) in [7, 11) is 0. The molecule has 0 saturated carbocycles. The van der Waals surface area contributed by atoms with Crippen LogP contribution in [-0.4, -0.2) is 54.5 Å². The molecule has 1 N–H and O–H groups in total. The molecule has 2 amide bonds. The van der Waals surface area contributed by atoms with Gasteiger partial charge in [0.05, 0.1) is 12.6 Å². The van der Waals surface area contributed by atoms with Crippen LogP contribution in [0.1, 0.15) is 36.9 Å². The van der Waals surface area contributed by atoms with E-state index in [2.05, 4.69) is 10.2 Å². The molecule has 38 heavy (non-hydrogen) atoms. The molecule has 6 nitrogen and oxygen atoms in total. The minimum absolute atomic E-state index is 0.0156. The molecule has 3 aromatic rings. The lowest BCUT2D eigenvalue weighted by molar-refractivity contribution is -0.124. The first-order valence-corrected chi connectivity index (χ1v) is 12.9. The van der Waals surface area contributed by atoms with E-state index in [0.29, 0.717) is 39.0 Å². The molecule has 8 heteroatoms. The first kappa shape index (κ1) is 25.9. The smallest absolute Gasteiger partial charge is 0.411 e. The lowest BCUT2D eigenvalue weighted by Crippen LogP contribution is -2.52. The van der Waals surface area contributed by atoms with Crippen LogP contribution in [0.5, 0.6) is 0 Å². The van der Waals surface area contributed by atoms with Gasteiger partial charge in [-0.1, -0.05) is 48.5 Å². The highest BCUT2D eigenvalue weighted by Crippen LogP contribution is 2.40. The molecule has 0 aliphatic carbocycles. The Labute approximate surface area is 221 Å². The van der Waals surface area contributed by atoms with Crippen LogP contribution in [0.4, 0.5) is 13.6 Å². The lowest BCUT2D eigenvalue weighted by Gasteiger charge is -2.44. The van der Waals surface area contributed by atoms with Gasteiger partial charge in [-0.25, -0.2) is 13.6 Å². The number of nitrogens with one attached hydrogen (secondary N) is 1. The topological polar surface area (TPSA) is 61.9 Å². The van der Waals surface area contributed by atoms with Crippen LogP contribution in [0.3, 0.4) is 0 Å². The molecule has 0 aromatic heterocycles. The maximum atomic E-state index is 13.7. The van der Waals surface area contributed by atoms with Crippen molar-refractivity contribution in [3.63, 3.8) is 0 Å². The average molecular weight is 520 g/mol. The average Bonchev–Trinajstić information content (AvgIpc) is 2.93. The van der Waals surface area contributed by atoms with E-state index in [-0.39, 0.29) is 23.6 Å². The first-order valence-electron chi connectivity index (χ1n) is 12.9. The molecule has 2 saturated heterocycles. The van der Waals surface area contributed by atoms with Gasteiger partial charge in [-0.15, -0.1) is 0 Å². The van der Waals surface area contributed by atoms with Crippen molar-refractivity contribution in [2.45, 2.75) is 31.4 Å². The normalized spacial score (nSPS) is 21.1. The predicted molar refractivity (Wildman–Crippen MR) is 140 cm³/mol. The predicted octanol–water partition coefficient (Wildman–Crippen LogP) is 5.25. The second kappa shape index (κ2) is 10.9. The maximum Gasteiger partial charge on any atom is 0.411 e. The van der Waals surface area contributed by atoms with Gasteiger partial charge in [-0.2, -0.15) is 0 Å². The van der Waals surface area contributed by atoms with E-state index in [9.17, 15) is 18.4 Å². The van der Waals surface area contributed by atoms with Crippen LogP contribution in [0, 0.1) is 11.6 Å². The third-order valence-electron chi connectivity index (χ3n) is 7.63. The number of rotatable bonds is 7. The Kier molecular flexibility index (Phi) is 7.42. The number of carbonyl (C=O) groups is 2. The van der Waals surface area contributed by atoms with Gasteiger partial charge in [0.15, 0.2) is 0 Å². The van der Waals surface area contributed by atoms with Crippen LogP contribution in [0.25, 0.3) is 11.1 Å². The highest BCUT2D eigenvalue weighted by Gasteiger charge is 2.43. The maximum absolute atomic E-state index is 13.7. The largest absolute Gasteiger partial charge is 0.438 e. The van der Waals surface area contributed by atoms with Crippen molar-refractivity contribution >= 4 is 12.0 Å². The van der Waals surface area contributed by atoms with E-state index >= 15 is 0 Å². The summed E-state index contributed by atoms with van der Waals surface area (Å²) in [5, 5.41) is 2.82. The van der Waals surface area contributed by atoms with Gasteiger partial charge in [-0.3, -0.25) is 9.69 Å². The molecule has 3 aromatic carbocycles. The number of ether oxygens (including phenoxy) is 1. The van der Waals surface area contributed by atoms with Gasteiger partial charge < -0.3 is 15.0 Å². The van der Waals surface area contributed by atoms with E-state index in [0.717, 1.165) is 28.8 Å². The number of nitrogens with zero attached hydrogens (tertiary/aromatic N) is 2. The fraction of sp³-hybridized carbons (Fsp3) is 0.333. The highest BCUT2D eigenvalue weighted by atomic mass is 19.1. The van der Waals surface area contributed by atoms with Gasteiger partial charge >= 0.3 is 6.09 Å². The number of hydrogen-bond acceptors (Lipinski definition) is 4. The molecule has 2 aliphatic heterocycles. The third kappa shape index (κ3) is 5.55. The molecular weight excluding hydrogens is 488 g/mol. The summed E-state index contributed by atoms with van der Waals surface area (Å²) in [5.41, 5.74) is 2.69. The van der Waals surface area contributed by atoms with E-state index in [1.807, 2.05) is 31.2 Å². The van der Waals surface area contributed by atoms with Gasteiger partial charge in [0.25, 0.3) is 0 Å². The van der Waals surface area contributed by atoms with Crippen molar-refractivity contribution in [1.82, 2.24) is 15.1 Å². The highest BCUT2D eigenvalue weighted by molar-refractivity contribution is 5.78. The molecule has 0 radical (unpaired) electrons. The summed E-state index contributed by atoms with van der Waals surface area (Å²) < 4.78 is 33.1. The number of carbonyl (C=O) groups excluding carboxylic acids is 2. The molecule has 1 unspecified atom stereocenters. The monoisotopic (exact) mass is 519 g/mol. The van der Waals surface area contributed by atoms with Crippen molar-refractivity contribution < 1.29 is 23.1 Å². The summed E-state index contributed by atoms with van der Waals surface area (Å²) in [5.74, 6) is -0.642. The van der Waals surface area contributed by atoms with Crippen molar-refractivity contribution in [1.29, 1.82) is 0 Å². The zero-order valence-electron chi connectivity index (χ0n) is 21.3. The Morgan fingerprint density at radius 3 is 2.11 bits per heavy atom. The number of amides is 2. The lowest BCUT2D eigenvalue weighted by atomic mass is 9.85. The Balaban J connectivity index is 1.31. The zero-order chi connectivity index (χ0) is 26.7. The zero-order valence-corrected chi connectivity index (χ0v) is 21.3. The number of cyclic esters (lactones) is 1. The molecule has 0 spiro atoms. The summed E-state index contributed by atoms with van der Waals surface area (Å²) >= 11 is 0. The Morgan fingerprint density at radius 1 is 0.895 bits per heavy atom. The Bertz CT molecular complexity index is 1280. The second-order valence-electron chi connectivity index (χ2n) is 9.99. The standard InChI is InChI=1S/C30H31F2N3O3/c1-21(22-2-4-23(5-3-22)24-6-10-26(31)11-7-24)35-18-15-30(38-29(35)37,25-8-12-27(32)13-9-25)14-17-34-19-16-33-28(36)20-34/h2-13,21H,14-20H2,1H3,(H,33,36)/t21-,30?/m0/s1. The minimum Gasteiger partial charge on any atom is -0.438 e. The Morgan fingerprint density at radius 2 is 1.50 bits per heavy atom. The number of benzene rings is 3. The van der Waals surface area contributed by atoms with E-state index in [1.54, 1.807) is 29.2 Å². The summed E-state index contributed by atoms with van der Waals surface area (Å²) in [6.45, 7) is 4.65. The molecule has 5 rings (SSSR count). The molecule has 0 bridgehead atoms. The van der Waals surface area contributed by atoms with Crippen molar-refractivity contribution in [3.8, 4) is 11.1 Å². The molecule has 198 valence electrons. The van der Waals surface area contributed by atoms with E-state index < -0.39 is 11.7 Å². The number of hydrogen-bond donors (Lipinski definition) is 1. The quantitative estimate of drug-likeness (QED) is 0.463. The van der Waals surface area contributed by atoms with Crippen molar-refractivity contribution in [2.75, 3.05) is 32.7 Å². The molecule has 2 heterocycles. The van der Waals surface area contributed by atoms with E-state index in [4.69, 9.17) is 4.74 Å². The van der Waals surface area contributed by atoms with Crippen LogP contribution >= 0.6 is 0 Å². The number of piperazine rings is 1. The fourth-order valence-electron chi connectivity index (χ4n) is 5.30. The Hall–Kier alpha value is -3.78. The van der Waals surface area contributed by atoms with Crippen molar-refractivity contribution in [3.05, 3.63) is 95.6 Å². The fourth-order valence-corrected chi connectivity index (χ4v) is 5.30. The van der Waals surface area contributed by atoms with Crippen LogP contribution in [0.2, 0.25) is 0 Å². The number of halogens is 2.